The van der Waals surface area contributed by atoms with E-state index in [0.717, 1.165) is 16.7 Å². The standard InChI is InChI=1S/C23H25N2O3P/c1-3-28-29(2,27)16-17-9-11-19(12-10-17)23(26)25-22-15-20(13-14-21(22)24)18-7-5-4-6-8-18/h4-15H,3,16,24H2,1-2H3,(H,25,26)/t29-/m1/s1. The fourth-order valence-electron chi connectivity index (χ4n) is 3.08. The molecule has 0 aliphatic heterocycles. The molecule has 6 heteroatoms. The summed E-state index contributed by atoms with van der Waals surface area (Å²) < 4.78 is 17.6. The Balaban J connectivity index is 1.74. The number of nitrogens with two attached hydrogens (primary N) is 1. The van der Waals surface area contributed by atoms with Gasteiger partial charge in [-0.2, -0.15) is 0 Å². The van der Waals surface area contributed by atoms with Crippen LogP contribution in [0.15, 0.2) is 72.8 Å². The van der Waals surface area contributed by atoms with E-state index in [1.807, 2.05) is 49.4 Å². The molecule has 0 heterocycles. The van der Waals surface area contributed by atoms with Crippen LogP contribution in [0.5, 0.6) is 0 Å². The molecule has 3 aromatic carbocycles. The first-order valence-corrected chi connectivity index (χ1v) is 11.7. The molecule has 5 nitrogen and oxygen atoms in total. The SMILES string of the molecule is CCO[P@@](C)(=O)Cc1ccc(C(=O)Nc2cc(-c3ccccc3)ccc2N)cc1. The number of hydrogen-bond acceptors (Lipinski definition) is 4. The van der Waals surface area contributed by atoms with Crippen LogP contribution < -0.4 is 11.1 Å². The average Bonchev–Trinajstić information content (AvgIpc) is 2.70. The predicted octanol–water partition coefficient (Wildman–Crippen LogP) is 5.63. The van der Waals surface area contributed by atoms with Crippen LogP contribution in [0.1, 0.15) is 22.8 Å². The zero-order valence-corrected chi connectivity index (χ0v) is 17.5. The molecule has 0 spiro atoms. The van der Waals surface area contributed by atoms with E-state index in [1.54, 1.807) is 37.0 Å². The lowest BCUT2D eigenvalue weighted by atomic mass is 10.0. The van der Waals surface area contributed by atoms with Gasteiger partial charge >= 0.3 is 0 Å². The van der Waals surface area contributed by atoms with Crippen LogP contribution in [-0.4, -0.2) is 19.2 Å². The molecule has 0 unspecified atom stereocenters. The van der Waals surface area contributed by atoms with E-state index >= 15 is 0 Å². The second kappa shape index (κ2) is 9.08. The van der Waals surface area contributed by atoms with Crippen molar-refractivity contribution in [2.75, 3.05) is 24.3 Å². The van der Waals surface area contributed by atoms with Gasteiger partial charge in [-0.05, 0) is 47.9 Å². The normalized spacial score (nSPS) is 12.9. The highest BCUT2D eigenvalue weighted by atomic mass is 31.2. The highest BCUT2D eigenvalue weighted by Gasteiger charge is 2.16. The molecule has 0 saturated heterocycles. The minimum absolute atomic E-state index is 0.252. The van der Waals surface area contributed by atoms with Crippen molar-refractivity contribution >= 4 is 24.7 Å². The predicted molar refractivity (Wildman–Crippen MR) is 120 cm³/mol. The number of benzene rings is 3. The Hall–Kier alpha value is -2.88. The van der Waals surface area contributed by atoms with Gasteiger partial charge in [-0.3, -0.25) is 9.36 Å². The monoisotopic (exact) mass is 408 g/mol. The Morgan fingerprint density at radius 1 is 1.00 bits per heavy atom. The quantitative estimate of drug-likeness (QED) is 0.392. The number of amides is 1. The minimum Gasteiger partial charge on any atom is -0.397 e. The average molecular weight is 408 g/mol. The molecular weight excluding hydrogens is 383 g/mol. The molecule has 0 aromatic heterocycles. The van der Waals surface area contributed by atoms with Crippen LogP contribution in [0.2, 0.25) is 0 Å². The molecule has 0 saturated carbocycles. The van der Waals surface area contributed by atoms with Gasteiger partial charge in [0.1, 0.15) is 0 Å². The van der Waals surface area contributed by atoms with Crippen molar-refractivity contribution in [2.24, 2.45) is 0 Å². The van der Waals surface area contributed by atoms with Crippen molar-refractivity contribution in [1.82, 2.24) is 0 Å². The van der Waals surface area contributed by atoms with E-state index in [9.17, 15) is 9.36 Å². The molecule has 0 aliphatic carbocycles. The van der Waals surface area contributed by atoms with E-state index in [4.69, 9.17) is 10.3 Å². The highest BCUT2D eigenvalue weighted by Crippen LogP contribution is 2.46. The molecule has 29 heavy (non-hydrogen) atoms. The highest BCUT2D eigenvalue weighted by molar-refractivity contribution is 7.57. The summed E-state index contributed by atoms with van der Waals surface area (Å²) in [6.07, 6.45) is 0.342. The topological polar surface area (TPSA) is 81.4 Å². The van der Waals surface area contributed by atoms with Crippen LogP contribution in [0.25, 0.3) is 11.1 Å². The van der Waals surface area contributed by atoms with Gasteiger partial charge in [0.2, 0.25) is 7.37 Å². The third kappa shape index (κ3) is 5.57. The van der Waals surface area contributed by atoms with Crippen molar-refractivity contribution in [3.63, 3.8) is 0 Å². The fraction of sp³-hybridized carbons (Fsp3) is 0.174. The molecule has 3 N–H and O–H groups in total. The molecule has 0 radical (unpaired) electrons. The maximum atomic E-state index is 12.7. The van der Waals surface area contributed by atoms with Gasteiger partial charge in [0.15, 0.2) is 0 Å². The lowest BCUT2D eigenvalue weighted by Gasteiger charge is -2.13. The fourth-order valence-corrected chi connectivity index (χ4v) is 4.59. The Morgan fingerprint density at radius 3 is 2.34 bits per heavy atom. The molecule has 0 bridgehead atoms. The number of anilines is 2. The molecular formula is C23H25N2O3P. The lowest BCUT2D eigenvalue weighted by molar-refractivity contribution is 0.102. The number of carbonyl (C=O) groups excluding carboxylic acids is 1. The lowest BCUT2D eigenvalue weighted by Crippen LogP contribution is -2.13. The van der Waals surface area contributed by atoms with Crippen molar-refractivity contribution in [2.45, 2.75) is 13.1 Å². The number of nitrogen functional groups attached to an aromatic ring is 1. The molecule has 3 aromatic rings. The van der Waals surface area contributed by atoms with Crippen LogP contribution >= 0.6 is 7.37 Å². The van der Waals surface area contributed by atoms with Gasteiger partial charge in [-0.25, -0.2) is 0 Å². The van der Waals surface area contributed by atoms with Gasteiger partial charge < -0.3 is 15.6 Å². The summed E-state index contributed by atoms with van der Waals surface area (Å²) in [6, 6.07) is 22.5. The third-order valence-corrected chi connectivity index (χ3v) is 6.24. The van der Waals surface area contributed by atoms with Crippen LogP contribution in [0.4, 0.5) is 11.4 Å². The third-order valence-electron chi connectivity index (χ3n) is 4.50. The molecule has 0 aliphatic rings. The summed E-state index contributed by atoms with van der Waals surface area (Å²) in [5.41, 5.74) is 10.5. The van der Waals surface area contributed by atoms with E-state index in [-0.39, 0.29) is 5.91 Å². The van der Waals surface area contributed by atoms with Crippen LogP contribution in [0, 0.1) is 0 Å². The van der Waals surface area contributed by atoms with Gasteiger partial charge in [0, 0.05) is 18.4 Å². The van der Waals surface area contributed by atoms with Crippen molar-refractivity contribution < 1.29 is 13.9 Å². The smallest absolute Gasteiger partial charge is 0.255 e. The van der Waals surface area contributed by atoms with E-state index < -0.39 is 7.37 Å². The molecule has 3 rings (SSSR count). The maximum absolute atomic E-state index is 12.7. The van der Waals surface area contributed by atoms with Gasteiger partial charge in [0.25, 0.3) is 5.91 Å². The van der Waals surface area contributed by atoms with E-state index in [0.29, 0.717) is 29.7 Å². The van der Waals surface area contributed by atoms with E-state index in [1.165, 1.54) is 0 Å². The second-order valence-electron chi connectivity index (χ2n) is 6.91. The van der Waals surface area contributed by atoms with Crippen molar-refractivity contribution in [3.8, 4) is 11.1 Å². The van der Waals surface area contributed by atoms with Crippen molar-refractivity contribution in [1.29, 1.82) is 0 Å². The zero-order valence-electron chi connectivity index (χ0n) is 16.6. The number of carbonyl (C=O) groups is 1. The summed E-state index contributed by atoms with van der Waals surface area (Å²) in [5, 5.41) is 2.88. The molecule has 150 valence electrons. The summed E-state index contributed by atoms with van der Waals surface area (Å²) in [6.45, 7) is 3.86. The van der Waals surface area contributed by atoms with Gasteiger partial charge in [-0.15, -0.1) is 0 Å². The molecule has 1 atom stereocenters. The Morgan fingerprint density at radius 2 is 1.69 bits per heavy atom. The van der Waals surface area contributed by atoms with Crippen molar-refractivity contribution in [3.05, 3.63) is 83.9 Å². The Bertz CT molecular complexity index is 1030. The summed E-state index contributed by atoms with van der Waals surface area (Å²) in [5.74, 6) is -0.252. The summed E-state index contributed by atoms with van der Waals surface area (Å²) >= 11 is 0. The summed E-state index contributed by atoms with van der Waals surface area (Å²) in [4.78, 5) is 12.7. The summed E-state index contributed by atoms with van der Waals surface area (Å²) in [7, 11) is -2.67. The first kappa shape index (κ1) is 20.8. The van der Waals surface area contributed by atoms with Gasteiger partial charge in [0.05, 0.1) is 18.0 Å². The number of rotatable bonds is 7. The number of nitrogens with one attached hydrogen (secondary N) is 1. The Kier molecular flexibility index (Phi) is 6.53. The largest absolute Gasteiger partial charge is 0.397 e. The van der Waals surface area contributed by atoms with E-state index in [2.05, 4.69) is 5.32 Å². The maximum Gasteiger partial charge on any atom is 0.255 e. The van der Waals surface area contributed by atoms with Crippen LogP contribution in [0.3, 0.4) is 0 Å². The Labute approximate surface area is 171 Å². The molecule has 0 fully saturated rings. The van der Waals surface area contributed by atoms with Gasteiger partial charge in [-0.1, -0.05) is 48.5 Å². The zero-order chi connectivity index (χ0) is 20.9. The first-order valence-electron chi connectivity index (χ1n) is 9.44. The number of hydrogen-bond donors (Lipinski definition) is 2. The second-order valence-corrected chi connectivity index (χ2v) is 9.51. The first-order chi connectivity index (χ1) is 13.9. The molecule has 1 amide bonds. The minimum atomic E-state index is -2.67. The van der Waals surface area contributed by atoms with Crippen LogP contribution in [-0.2, 0) is 15.3 Å².